The summed E-state index contributed by atoms with van der Waals surface area (Å²) < 4.78 is 31.6. The topological polar surface area (TPSA) is 155 Å². The lowest BCUT2D eigenvalue weighted by molar-refractivity contribution is -0.138. The first-order valence-corrected chi connectivity index (χ1v) is 15.4. The summed E-state index contributed by atoms with van der Waals surface area (Å²) in [5, 5.41) is 28.3. The van der Waals surface area contributed by atoms with Gasteiger partial charge in [0.2, 0.25) is 0 Å². The van der Waals surface area contributed by atoms with Crippen molar-refractivity contribution < 1.29 is 42.9 Å². The van der Waals surface area contributed by atoms with Crippen LogP contribution in [0.1, 0.15) is 73.2 Å². The van der Waals surface area contributed by atoms with E-state index in [1.165, 1.54) is 36.9 Å². The van der Waals surface area contributed by atoms with Crippen LogP contribution in [-0.4, -0.2) is 59.6 Å². The quantitative estimate of drug-likeness (QED) is 0.169. The minimum atomic E-state index is -3.62. The van der Waals surface area contributed by atoms with E-state index in [2.05, 4.69) is 0 Å². The van der Waals surface area contributed by atoms with Crippen LogP contribution in [0.2, 0.25) is 0 Å². The van der Waals surface area contributed by atoms with Crippen molar-refractivity contribution in [1.82, 2.24) is 0 Å². The Hall–Kier alpha value is -3.05. The molecule has 0 amide bonds. The number of benzene rings is 2. The molecule has 0 fully saturated rings. The number of phenolic OH excluding ortho intramolecular Hbond substituents is 1. The summed E-state index contributed by atoms with van der Waals surface area (Å²) in [7, 11) is -3.62. The molecule has 0 spiro atoms. The van der Waals surface area contributed by atoms with E-state index in [1.54, 1.807) is 25.1 Å². The van der Waals surface area contributed by atoms with Crippen LogP contribution in [0.15, 0.2) is 41.3 Å². The summed E-state index contributed by atoms with van der Waals surface area (Å²) in [6.07, 6.45) is 1.28. The average Bonchev–Trinajstić information content (AvgIpc) is 2.85. The van der Waals surface area contributed by atoms with Crippen molar-refractivity contribution in [3.63, 3.8) is 0 Å². The van der Waals surface area contributed by atoms with Gasteiger partial charge in [-0.2, -0.15) is 11.8 Å². The second kappa shape index (κ2) is 14.9. The molecule has 0 aliphatic heterocycles. The third-order valence-electron chi connectivity index (χ3n) is 6.13. The molecule has 2 aromatic rings. The van der Waals surface area contributed by atoms with E-state index < -0.39 is 21.8 Å². The largest absolute Gasteiger partial charge is 0.507 e. The number of thioether (sulfide) groups is 1. The minimum Gasteiger partial charge on any atom is -0.507 e. The number of Topliss-reactive ketones (excluding diaryl/α,β-unsaturated/α-hetero) is 1. The maximum atomic E-state index is 12.9. The number of aromatic hydroxyl groups is 1. The molecule has 9 nitrogen and oxygen atoms in total. The summed E-state index contributed by atoms with van der Waals surface area (Å²) in [5.74, 6) is -1.99. The lowest BCUT2D eigenvalue weighted by atomic mass is 9.97. The highest BCUT2D eigenvalue weighted by Crippen LogP contribution is 2.38. The van der Waals surface area contributed by atoms with Crippen molar-refractivity contribution in [2.24, 2.45) is 5.92 Å². The van der Waals surface area contributed by atoms with Crippen molar-refractivity contribution in [3.05, 3.63) is 53.1 Å². The Balaban J connectivity index is 2.07. The number of hydrogen-bond acceptors (Lipinski definition) is 8. The first-order chi connectivity index (χ1) is 18.4. The first-order valence-electron chi connectivity index (χ1n) is 12.7. The monoisotopic (exact) mass is 580 g/mol. The van der Waals surface area contributed by atoms with E-state index in [-0.39, 0.29) is 64.8 Å². The van der Waals surface area contributed by atoms with E-state index in [0.717, 1.165) is 12.0 Å². The van der Waals surface area contributed by atoms with Gasteiger partial charge in [0.25, 0.3) is 0 Å². The Labute approximate surface area is 233 Å². The van der Waals surface area contributed by atoms with Crippen LogP contribution < -0.4 is 4.74 Å². The molecule has 0 heterocycles. The lowest BCUT2D eigenvalue weighted by Gasteiger charge is -2.23. The van der Waals surface area contributed by atoms with Crippen molar-refractivity contribution in [2.45, 2.75) is 63.0 Å². The number of hydrogen-bond donors (Lipinski definition) is 3. The second-order valence-electron chi connectivity index (χ2n) is 9.34. The first kappa shape index (κ1) is 32.2. The number of carboxylic acid groups (broad SMARTS) is 2. The van der Waals surface area contributed by atoms with Crippen LogP contribution in [0.4, 0.5) is 0 Å². The van der Waals surface area contributed by atoms with Gasteiger partial charge in [-0.1, -0.05) is 32.4 Å². The van der Waals surface area contributed by atoms with Gasteiger partial charge in [-0.25, -0.2) is 8.42 Å². The third-order valence-corrected chi connectivity index (χ3v) is 9.48. The molecule has 0 radical (unpaired) electrons. The van der Waals surface area contributed by atoms with Gasteiger partial charge in [-0.05, 0) is 55.5 Å². The van der Waals surface area contributed by atoms with Crippen molar-refractivity contribution in [2.75, 3.05) is 18.1 Å². The molecule has 2 unspecified atom stereocenters. The van der Waals surface area contributed by atoms with Crippen LogP contribution in [0.5, 0.6) is 11.5 Å². The normalized spacial score (nSPS) is 13.0. The summed E-state index contributed by atoms with van der Waals surface area (Å²) in [5.41, 5.74) is 1.48. The number of carbonyl (C=O) groups excluding carboxylic acids is 1. The molecule has 0 bridgehead atoms. The highest BCUT2D eigenvalue weighted by Gasteiger charge is 2.24. The number of carbonyl (C=O) groups is 3. The maximum Gasteiger partial charge on any atom is 0.304 e. The number of aliphatic carboxylic acids is 2. The molecule has 2 rings (SSSR count). The summed E-state index contributed by atoms with van der Waals surface area (Å²) in [6, 6.07) is 9.39. The van der Waals surface area contributed by atoms with Crippen LogP contribution in [0, 0.1) is 5.92 Å². The molecule has 2 atom stereocenters. The fourth-order valence-electron chi connectivity index (χ4n) is 4.19. The molecule has 0 aromatic heterocycles. The zero-order valence-electron chi connectivity index (χ0n) is 22.4. The minimum absolute atomic E-state index is 0.0596. The predicted molar refractivity (Wildman–Crippen MR) is 150 cm³/mol. The van der Waals surface area contributed by atoms with Crippen molar-refractivity contribution >= 4 is 39.3 Å². The van der Waals surface area contributed by atoms with Crippen LogP contribution in [0.25, 0.3) is 0 Å². The molecule has 39 heavy (non-hydrogen) atoms. The number of carboxylic acids is 2. The van der Waals surface area contributed by atoms with Gasteiger partial charge in [0.05, 0.1) is 29.2 Å². The van der Waals surface area contributed by atoms with E-state index in [0.29, 0.717) is 23.5 Å². The molecule has 0 aliphatic rings. The van der Waals surface area contributed by atoms with Crippen LogP contribution in [0.3, 0.4) is 0 Å². The Morgan fingerprint density at radius 2 is 1.69 bits per heavy atom. The molecule has 2 aromatic carbocycles. The molecule has 0 saturated carbocycles. The van der Waals surface area contributed by atoms with Gasteiger partial charge < -0.3 is 20.1 Å². The van der Waals surface area contributed by atoms with Gasteiger partial charge >= 0.3 is 11.9 Å². The fraction of sp³-hybridized carbons (Fsp3) is 0.464. The summed E-state index contributed by atoms with van der Waals surface area (Å²) in [6.45, 7) is 5.18. The molecule has 0 saturated heterocycles. The van der Waals surface area contributed by atoms with Crippen LogP contribution >= 0.6 is 11.8 Å². The Bertz CT molecular complexity index is 1250. The Morgan fingerprint density at radius 1 is 1.03 bits per heavy atom. The van der Waals surface area contributed by atoms with E-state index in [9.17, 15) is 33.0 Å². The van der Waals surface area contributed by atoms with E-state index in [4.69, 9.17) is 9.84 Å². The van der Waals surface area contributed by atoms with Gasteiger partial charge in [0.1, 0.15) is 11.5 Å². The molecule has 11 heteroatoms. The van der Waals surface area contributed by atoms with Crippen molar-refractivity contribution in [3.8, 4) is 11.5 Å². The molecular weight excluding hydrogens is 544 g/mol. The van der Waals surface area contributed by atoms with Gasteiger partial charge in [-0.15, -0.1) is 0 Å². The molecule has 214 valence electrons. The number of ether oxygens (including phenoxy) is 1. The Kier molecular flexibility index (Phi) is 12.3. The highest BCUT2D eigenvalue weighted by atomic mass is 32.2. The number of phenols is 1. The van der Waals surface area contributed by atoms with Crippen molar-refractivity contribution in [1.29, 1.82) is 0 Å². The van der Waals surface area contributed by atoms with Crippen LogP contribution in [-0.2, 0) is 25.8 Å². The SMILES string of the molecule is CCCc1c(OCCCS(=O)(=O)c2ccc(C(SCCC(=O)O)C(C)CC(=O)O)cc2)ccc(C(C)=O)c1O. The van der Waals surface area contributed by atoms with Gasteiger partial charge in [-0.3, -0.25) is 14.4 Å². The zero-order chi connectivity index (χ0) is 29.2. The Morgan fingerprint density at radius 3 is 2.26 bits per heavy atom. The summed E-state index contributed by atoms with van der Waals surface area (Å²) in [4.78, 5) is 34.0. The number of sulfone groups is 1. The number of ketones is 1. The average molecular weight is 581 g/mol. The zero-order valence-corrected chi connectivity index (χ0v) is 24.0. The van der Waals surface area contributed by atoms with Gasteiger partial charge in [0, 0.05) is 23.0 Å². The highest BCUT2D eigenvalue weighted by molar-refractivity contribution is 7.99. The number of rotatable bonds is 17. The molecule has 3 N–H and O–H groups in total. The van der Waals surface area contributed by atoms with E-state index in [1.807, 2.05) is 6.92 Å². The second-order valence-corrected chi connectivity index (χ2v) is 12.7. The standard InChI is InChI=1S/C28H36O9S2/c1-4-6-23-24(12-11-22(19(3)29)27(23)34)37-14-5-16-39(35,36)21-9-7-20(8-10-21)28(18(2)17-26(32)33)38-15-13-25(30)31/h7-12,18,28,34H,4-6,13-17H2,1-3H3,(H,30,31)(H,32,33). The molecule has 0 aliphatic carbocycles. The summed E-state index contributed by atoms with van der Waals surface area (Å²) >= 11 is 1.34. The molecular formula is C28H36O9S2. The smallest absolute Gasteiger partial charge is 0.304 e. The van der Waals surface area contributed by atoms with Gasteiger partial charge in [0.15, 0.2) is 15.6 Å². The fourth-order valence-corrected chi connectivity index (χ4v) is 6.79. The van der Waals surface area contributed by atoms with E-state index >= 15 is 0 Å². The lowest BCUT2D eigenvalue weighted by Crippen LogP contribution is -2.14. The maximum absolute atomic E-state index is 12.9. The third kappa shape index (κ3) is 9.58. The predicted octanol–water partition coefficient (Wildman–Crippen LogP) is 5.15.